The molecule has 0 fully saturated rings. The van der Waals surface area contributed by atoms with Crippen LogP contribution >= 0.6 is 0 Å². The highest BCUT2D eigenvalue weighted by Crippen LogP contribution is 2.17. The topological polar surface area (TPSA) is 46.9 Å². The number of amides is 1. The second kappa shape index (κ2) is 6.89. The van der Waals surface area contributed by atoms with Crippen molar-refractivity contribution in [2.75, 3.05) is 5.32 Å². The van der Waals surface area contributed by atoms with E-state index in [4.69, 9.17) is 0 Å². The van der Waals surface area contributed by atoms with Gasteiger partial charge in [-0.3, -0.25) is 9.48 Å². The van der Waals surface area contributed by atoms with Crippen molar-refractivity contribution < 1.29 is 9.18 Å². The lowest BCUT2D eigenvalue weighted by atomic mass is 10.1. The van der Waals surface area contributed by atoms with Crippen molar-refractivity contribution in [1.29, 1.82) is 0 Å². The quantitative estimate of drug-likeness (QED) is 0.774. The van der Waals surface area contributed by atoms with E-state index >= 15 is 0 Å². The SMILES string of the molecule is Cc1cc(C)n(Cc2cccc(C(=O)Nc3ccc(F)cc3C)c2)n1. The number of halogens is 1. The van der Waals surface area contributed by atoms with Gasteiger partial charge < -0.3 is 5.32 Å². The second-order valence-corrected chi connectivity index (χ2v) is 6.20. The number of anilines is 1. The summed E-state index contributed by atoms with van der Waals surface area (Å²) in [7, 11) is 0. The van der Waals surface area contributed by atoms with Crippen LogP contribution in [-0.4, -0.2) is 15.7 Å². The molecular weight excluding hydrogens is 317 g/mol. The molecule has 0 spiro atoms. The van der Waals surface area contributed by atoms with Crippen molar-refractivity contribution in [3.8, 4) is 0 Å². The molecule has 0 saturated carbocycles. The number of carbonyl (C=O) groups excluding carboxylic acids is 1. The van der Waals surface area contributed by atoms with E-state index in [9.17, 15) is 9.18 Å². The van der Waals surface area contributed by atoms with Crippen LogP contribution in [0.1, 0.15) is 32.9 Å². The largest absolute Gasteiger partial charge is 0.322 e. The Balaban J connectivity index is 1.78. The zero-order valence-electron chi connectivity index (χ0n) is 14.5. The fourth-order valence-electron chi connectivity index (χ4n) is 2.78. The molecule has 0 aliphatic rings. The molecule has 0 saturated heterocycles. The van der Waals surface area contributed by atoms with E-state index in [2.05, 4.69) is 10.4 Å². The fraction of sp³-hybridized carbons (Fsp3) is 0.200. The Morgan fingerprint density at radius 1 is 1.12 bits per heavy atom. The van der Waals surface area contributed by atoms with Crippen LogP contribution in [0.25, 0.3) is 0 Å². The summed E-state index contributed by atoms with van der Waals surface area (Å²) in [6.45, 7) is 6.33. The van der Waals surface area contributed by atoms with Gasteiger partial charge in [-0.05, 0) is 68.3 Å². The Bertz CT molecular complexity index is 930. The van der Waals surface area contributed by atoms with E-state index in [1.165, 1.54) is 12.1 Å². The van der Waals surface area contributed by atoms with Crippen LogP contribution in [0.2, 0.25) is 0 Å². The summed E-state index contributed by atoms with van der Waals surface area (Å²) in [4.78, 5) is 12.5. The zero-order chi connectivity index (χ0) is 18.0. The summed E-state index contributed by atoms with van der Waals surface area (Å²) in [5, 5.41) is 7.28. The van der Waals surface area contributed by atoms with Gasteiger partial charge >= 0.3 is 0 Å². The molecule has 0 radical (unpaired) electrons. The maximum Gasteiger partial charge on any atom is 0.255 e. The lowest BCUT2D eigenvalue weighted by Crippen LogP contribution is -2.13. The number of hydrogen-bond donors (Lipinski definition) is 1. The second-order valence-electron chi connectivity index (χ2n) is 6.20. The summed E-state index contributed by atoms with van der Waals surface area (Å²) in [6, 6.07) is 13.8. The first-order valence-electron chi connectivity index (χ1n) is 8.10. The van der Waals surface area contributed by atoms with Crippen molar-refractivity contribution in [2.24, 2.45) is 0 Å². The Kier molecular flexibility index (Phi) is 4.65. The van der Waals surface area contributed by atoms with Crippen molar-refractivity contribution in [2.45, 2.75) is 27.3 Å². The summed E-state index contributed by atoms with van der Waals surface area (Å²) < 4.78 is 15.1. The first-order chi connectivity index (χ1) is 11.9. The standard InChI is InChI=1S/C20H20FN3O/c1-13-9-18(21)7-8-19(13)22-20(25)17-6-4-5-16(11-17)12-24-15(3)10-14(2)23-24/h4-11H,12H2,1-3H3,(H,22,25). The van der Waals surface area contributed by atoms with Gasteiger partial charge in [0, 0.05) is 16.9 Å². The Hall–Kier alpha value is -2.95. The summed E-state index contributed by atoms with van der Waals surface area (Å²) in [5.74, 6) is -0.535. The van der Waals surface area contributed by atoms with E-state index in [-0.39, 0.29) is 11.7 Å². The monoisotopic (exact) mass is 337 g/mol. The average Bonchev–Trinajstić information content (AvgIpc) is 2.87. The molecule has 3 rings (SSSR count). The molecule has 3 aromatic rings. The first kappa shape index (κ1) is 16.9. The summed E-state index contributed by atoms with van der Waals surface area (Å²) in [6.07, 6.45) is 0. The van der Waals surface area contributed by atoms with E-state index < -0.39 is 0 Å². The van der Waals surface area contributed by atoms with Crippen LogP contribution in [0.3, 0.4) is 0 Å². The third-order valence-electron chi connectivity index (χ3n) is 4.06. The summed E-state index contributed by atoms with van der Waals surface area (Å²) >= 11 is 0. The van der Waals surface area contributed by atoms with E-state index in [1.807, 2.05) is 42.8 Å². The molecule has 2 aromatic carbocycles. The van der Waals surface area contributed by atoms with Gasteiger partial charge in [0.15, 0.2) is 0 Å². The van der Waals surface area contributed by atoms with Gasteiger partial charge in [0.2, 0.25) is 0 Å². The van der Waals surface area contributed by atoms with Gasteiger partial charge in [0.1, 0.15) is 5.82 Å². The Morgan fingerprint density at radius 3 is 2.60 bits per heavy atom. The molecule has 0 aliphatic heterocycles. The zero-order valence-corrected chi connectivity index (χ0v) is 14.5. The molecule has 0 bridgehead atoms. The molecule has 128 valence electrons. The van der Waals surface area contributed by atoms with E-state index in [0.717, 1.165) is 17.0 Å². The predicted octanol–water partition coefficient (Wildman–Crippen LogP) is 4.25. The van der Waals surface area contributed by atoms with Gasteiger partial charge in [-0.15, -0.1) is 0 Å². The van der Waals surface area contributed by atoms with Gasteiger partial charge in [-0.1, -0.05) is 12.1 Å². The number of carbonyl (C=O) groups is 1. The van der Waals surface area contributed by atoms with Gasteiger partial charge in [-0.2, -0.15) is 5.10 Å². The molecule has 1 N–H and O–H groups in total. The van der Waals surface area contributed by atoms with Crippen molar-refractivity contribution >= 4 is 11.6 Å². The number of nitrogens with one attached hydrogen (secondary N) is 1. The van der Waals surface area contributed by atoms with Crippen molar-refractivity contribution in [1.82, 2.24) is 9.78 Å². The van der Waals surface area contributed by atoms with E-state index in [0.29, 0.717) is 23.4 Å². The highest BCUT2D eigenvalue weighted by atomic mass is 19.1. The minimum atomic E-state index is -0.317. The molecule has 4 nitrogen and oxygen atoms in total. The fourth-order valence-corrected chi connectivity index (χ4v) is 2.78. The number of aromatic nitrogens is 2. The Morgan fingerprint density at radius 2 is 1.92 bits per heavy atom. The van der Waals surface area contributed by atoms with Gasteiger partial charge in [0.05, 0.1) is 12.2 Å². The third-order valence-corrected chi connectivity index (χ3v) is 4.06. The molecule has 1 heterocycles. The maximum absolute atomic E-state index is 13.2. The Labute approximate surface area is 146 Å². The van der Waals surface area contributed by atoms with E-state index in [1.54, 1.807) is 19.1 Å². The van der Waals surface area contributed by atoms with Crippen LogP contribution in [0, 0.1) is 26.6 Å². The molecule has 0 atom stereocenters. The van der Waals surface area contributed by atoms with Crippen molar-refractivity contribution in [3.63, 3.8) is 0 Å². The number of nitrogens with zero attached hydrogens (tertiary/aromatic N) is 2. The van der Waals surface area contributed by atoms with Crippen molar-refractivity contribution in [3.05, 3.63) is 82.4 Å². The van der Waals surface area contributed by atoms with Crippen LogP contribution < -0.4 is 5.32 Å². The highest BCUT2D eigenvalue weighted by molar-refractivity contribution is 6.04. The average molecular weight is 337 g/mol. The number of benzene rings is 2. The molecule has 5 heteroatoms. The van der Waals surface area contributed by atoms with Gasteiger partial charge in [-0.25, -0.2) is 4.39 Å². The van der Waals surface area contributed by atoms with Crippen LogP contribution in [0.15, 0.2) is 48.5 Å². The molecule has 1 aromatic heterocycles. The van der Waals surface area contributed by atoms with Gasteiger partial charge in [0.25, 0.3) is 5.91 Å². The molecule has 0 aliphatic carbocycles. The molecule has 1 amide bonds. The minimum Gasteiger partial charge on any atom is -0.322 e. The smallest absolute Gasteiger partial charge is 0.255 e. The lowest BCUT2D eigenvalue weighted by molar-refractivity contribution is 0.102. The number of hydrogen-bond acceptors (Lipinski definition) is 2. The maximum atomic E-state index is 13.2. The van der Waals surface area contributed by atoms with Crippen LogP contribution in [-0.2, 0) is 6.54 Å². The third kappa shape index (κ3) is 3.94. The number of aryl methyl sites for hydroxylation is 3. The molecule has 25 heavy (non-hydrogen) atoms. The van der Waals surface area contributed by atoms with Crippen LogP contribution in [0.5, 0.6) is 0 Å². The number of rotatable bonds is 4. The predicted molar refractivity (Wildman–Crippen MR) is 96.3 cm³/mol. The molecule has 0 unspecified atom stereocenters. The summed E-state index contributed by atoms with van der Waals surface area (Å²) in [5.41, 5.74) is 4.90. The highest BCUT2D eigenvalue weighted by Gasteiger charge is 2.10. The molecular formula is C20H20FN3O. The van der Waals surface area contributed by atoms with Crippen LogP contribution in [0.4, 0.5) is 10.1 Å². The first-order valence-corrected chi connectivity index (χ1v) is 8.10. The normalized spacial score (nSPS) is 10.7. The minimum absolute atomic E-state index is 0.218. The lowest BCUT2D eigenvalue weighted by Gasteiger charge is -2.10.